The fourth-order valence-corrected chi connectivity index (χ4v) is 1.33. The molecule has 1 heterocycles. The Bertz CT molecular complexity index is 345. The molecule has 0 amide bonds. The molecule has 0 aliphatic heterocycles. The number of nitrogens with zero attached hydrogens (tertiary/aromatic N) is 1. The highest BCUT2D eigenvalue weighted by Crippen LogP contribution is 2.29. The van der Waals surface area contributed by atoms with E-state index in [0.717, 1.165) is 6.07 Å². The van der Waals surface area contributed by atoms with Crippen molar-refractivity contribution >= 4 is 0 Å². The van der Waals surface area contributed by atoms with Crippen molar-refractivity contribution in [2.75, 3.05) is 0 Å². The molecule has 0 unspecified atom stereocenters. The van der Waals surface area contributed by atoms with Crippen LogP contribution in [0.2, 0.25) is 0 Å². The molecule has 0 aliphatic rings. The zero-order valence-electron chi connectivity index (χ0n) is 8.60. The van der Waals surface area contributed by atoms with Gasteiger partial charge in [0.1, 0.15) is 5.69 Å². The average molecular weight is 218 g/mol. The quantitative estimate of drug-likeness (QED) is 0.828. The van der Waals surface area contributed by atoms with E-state index in [4.69, 9.17) is 5.73 Å². The van der Waals surface area contributed by atoms with Gasteiger partial charge in [0, 0.05) is 12.2 Å². The lowest BCUT2D eigenvalue weighted by Gasteiger charge is -2.13. The van der Waals surface area contributed by atoms with E-state index in [1.165, 1.54) is 6.07 Å². The molecule has 0 aliphatic carbocycles. The Labute approximate surface area is 86.3 Å². The SMILES string of the molecule is CC(C)c1nc(C(F)(F)F)ccc1CN. The minimum atomic E-state index is -4.39. The Morgan fingerprint density at radius 1 is 1.33 bits per heavy atom. The number of rotatable bonds is 2. The summed E-state index contributed by atoms with van der Waals surface area (Å²) in [6.45, 7) is 3.79. The summed E-state index contributed by atoms with van der Waals surface area (Å²) >= 11 is 0. The van der Waals surface area contributed by atoms with Gasteiger partial charge in [0.15, 0.2) is 0 Å². The number of alkyl halides is 3. The standard InChI is InChI=1S/C10H13F3N2/c1-6(2)9-7(5-14)3-4-8(15-9)10(11,12)13/h3-4,6H,5,14H2,1-2H3. The molecule has 15 heavy (non-hydrogen) atoms. The van der Waals surface area contributed by atoms with Gasteiger partial charge in [-0.25, -0.2) is 4.98 Å². The third-order valence-electron chi connectivity index (χ3n) is 2.07. The molecule has 84 valence electrons. The van der Waals surface area contributed by atoms with Gasteiger partial charge >= 0.3 is 6.18 Å². The number of pyridine rings is 1. The second kappa shape index (κ2) is 4.18. The summed E-state index contributed by atoms with van der Waals surface area (Å²) in [5.41, 5.74) is 5.66. The summed E-state index contributed by atoms with van der Waals surface area (Å²) in [4.78, 5) is 3.61. The molecule has 0 saturated heterocycles. The van der Waals surface area contributed by atoms with E-state index in [1.54, 1.807) is 13.8 Å². The van der Waals surface area contributed by atoms with Crippen molar-refractivity contribution in [1.82, 2.24) is 4.98 Å². The van der Waals surface area contributed by atoms with Crippen molar-refractivity contribution in [2.45, 2.75) is 32.5 Å². The van der Waals surface area contributed by atoms with Gasteiger partial charge in [0.05, 0.1) is 0 Å². The third kappa shape index (κ3) is 2.68. The molecule has 0 fully saturated rings. The molecule has 0 saturated carbocycles. The molecule has 1 aromatic rings. The van der Waals surface area contributed by atoms with E-state index < -0.39 is 11.9 Å². The van der Waals surface area contributed by atoms with Crippen LogP contribution in [0.1, 0.15) is 36.7 Å². The highest BCUT2D eigenvalue weighted by molar-refractivity contribution is 5.26. The molecule has 2 N–H and O–H groups in total. The zero-order valence-corrected chi connectivity index (χ0v) is 8.60. The second-order valence-electron chi connectivity index (χ2n) is 3.60. The summed E-state index contributed by atoms with van der Waals surface area (Å²) in [7, 11) is 0. The average Bonchev–Trinajstić information content (AvgIpc) is 2.15. The van der Waals surface area contributed by atoms with Crippen LogP contribution >= 0.6 is 0 Å². The van der Waals surface area contributed by atoms with Gasteiger partial charge in [-0.2, -0.15) is 13.2 Å². The predicted molar refractivity (Wildman–Crippen MR) is 51.2 cm³/mol. The van der Waals surface area contributed by atoms with E-state index in [2.05, 4.69) is 4.98 Å². The molecular formula is C10H13F3N2. The first kappa shape index (κ1) is 12.0. The van der Waals surface area contributed by atoms with Gasteiger partial charge in [0.2, 0.25) is 0 Å². The lowest BCUT2D eigenvalue weighted by Crippen LogP contribution is -2.13. The highest BCUT2D eigenvalue weighted by Gasteiger charge is 2.33. The second-order valence-corrected chi connectivity index (χ2v) is 3.60. The smallest absolute Gasteiger partial charge is 0.326 e. The highest BCUT2D eigenvalue weighted by atomic mass is 19.4. The minimum absolute atomic E-state index is 0.0640. The Morgan fingerprint density at radius 2 is 1.93 bits per heavy atom. The van der Waals surface area contributed by atoms with Crippen molar-refractivity contribution in [2.24, 2.45) is 5.73 Å². The first-order chi connectivity index (χ1) is 6.86. The first-order valence-corrected chi connectivity index (χ1v) is 4.63. The fourth-order valence-electron chi connectivity index (χ4n) is 1.33. The van der Waals surface area contributed by atoms with Crippen molar-refractivity contribution in [1.29, 1.82) is 0 Å². The molecule has 1 aromatic heterocycles. The van der Waals surface area contributed by atoms with Gasteiger partial charge in [0.25, 0.3) is 0 Å². The predicted octanol–water partition coefficient (Wildman–Crippen LogP) is 2.68. The molecule has 0 aromatic carbocycles. The summed E-state index contributed by atoms with van der Waals surface area (Å²) in [6.07, 6.45) is -4.39. The molecule has 1 rings (SSSR count). The summed E-state index contributed by atoms with van der Waals surface area (Å²) in [6, 6.07) is 2.36. The molecule has 0 spiro atoms. The maximum Gasteiger partial charge on any atom is 0.433 e. The van der Waals surface area contributed by atoms with Crippen LogP contribution in [0.5, 0.6) is 0 Å². The summed E-state index contributed by atoms with van der Waals surface area (Å²) in [5.74, 6) is -0.0640. The van der Waals surface area contributed by atoms with E-state index in [1.807, 2.05) is 0 Å². The minimum Gasteiger partial charge on any atom is -0.326 e. The summed E-state index contributed by atoms with van der Waals surface area (Å²) in [5, 5.41) is 0. The van der Waals surface area contributed by atoms with E-state index >= 15 is 0 Å². The molecular weight excluding hydrogens is 205 g/mol. The Hall–Kier alpha value is -1.10. The zero-order chi connectivity index (χ0) is 11.6. The molecule has 2 nitrogen and oxygen atoms in total. The first-order valence-electron chi connectivity index (χ1n) is 4.63. The Morgan fingerprint density at radius 3 is 2.33 bits per heavy atom. The van der Waals surface area contributed by atoms with Crippen molar-refractivity contribution in [3.05, 3.63) is 29.1 Å². The molecule has 5 heteroatoms. The van der Waals surface area contributed by atoms with Crippen LogP contribution in [0, 0.1) is 0 Å². The van der Waals surface area contributed by atoms with Gasteiger partial charge < -0.3 is 5.73 Å². The van der Waals surface area contributed by atoms with E-state index in [0.29, 0.717) is 11.3 Å². The van der Waals surface area contributed by atoms with Crippen LogP contribution in [-0.2, 0) is 12.7 Å². The topological polar surface area (TPSA) is 38.9 Å². The van der Waals surface area contributed by atoms with Crippen LogP contribution in [0.15, 0.2) is 12.1 Å². The normalized spacial score (nSPS) is 12.2. The number of hydrogen-bond donors (Lipinski definition) is 1. The van der Waals surface area contributed by atoms with Gasteiger partial charge in [-0.05, 0) is 17.5 Å². The number of halogens is 3. The fraction of sp³-hybridized carbons (Fsp3) is 0.500. The van der Waals surface area contributed by atoms with Gasteiger partial charge in [-0.15, -0.1) is 0 Å². The maximum atomic E-state index is 12.4. The third-order valence-corrected chi connectivity index (χ3v) is 2.07. The Kier molecular flexibility index (Phi) is 3.34. The lowest BCUT2D eigenvalue weighted by molar-refractivity contribution is -0.141. The van der Waals surface area contributed by atoms with Gasteiger partial charge in [-0.1, -0.05) is 19.9 Å². The maximum absolute atomic E-state index is 12.4. The van der Waals surface area contributed by atoms with Crippen molar-refractivity contribution in [3.8, 4) is 0 Å². The summed E-state index contributed by atoms with van der Waals surface area (Å²) < 4.78 is 37.1. The van der Waals surface area contributed by atoms with Crippen LogP contribution < -0.4 is 5.73 Å². The van der Waals surface area contributed by atoms with E-state index in [9.17, 15) is 13.2 Å². The molecule has 0 radical (unpaired) electrons. The lowest BCUT2D eigenvalue weighted by atomic mass is 10.0. The number of aromatic nitrogens is 1. The van der Waals surface area contributed by atoms with Crippen LogP contribution in [-0.4, -0.2) is 4.98 Å². The van der Waals surface area contributed by atoms with Crippen molar-refractivity contribution in [3.63, 3.8) is 0 Å². The monoisotopic (exact) mass is 218 g/mol. The number of nitrogens with two attached hydrogens (primary N) is 1. The van der Waals surface area contributed by atoms with Crippen LogP contribution in [0.25, 0.3) is 0 Å². The number of hydrogen-bond acceptors (Lipinski definition) is 2. The molecule has 0 bridgehead atoms. The van der Waals surface area contributed by atoms with Crippen LogP contribution in [0.3, 0.4) is 0 Å². The van der Waals surface area contributed by atoms with E-state index in [-0.39, 0.29) is 12.5 Å². The largest absolute Gasteiger partial charge is 0.433 e. The Balaban J connectivity index is 3.22. The molecule has 0 atom stereocenters. The van der Waals surface area contributed by atoms with Crippen molar-refractivity contribution < 1.29 is 13.2 Å². The van der Waals surface area contributed by atoms with Crippen LogP contribution in [0.4, 0.5) is 13.2 Å². The van der Waals surface area contributed by atoms with Gasteiger partial charge in [-0.3, -0.25) is 0 Å².